The van der Waals surface area contributed by atoms with Gasteiger partial charge in [-0.2, -0.15) is 5.10 Å². The van der Waals surface area contributed by atoms with Crippen molar-refractivity contribution < 1.29 is 22.9 Å². The highest BCUT2D eigenvalue weighted by molar-refractivity contribution is 6.84. The lowest BCUT2D eigenvalue weighted by atomic mass is 10.1. The standard InChI is InChI=1S/C33H49N5O5Si2/c1-21(2)44(22(3)4)41-19-26-16-29(31(40)32(26)42-45(43-44,23(5)6)24(7)8)36-33-27(17-34-20-35-33)30(39)28-14-15-38(37-28)18-25-12-10-9-11-13-25/h9-15,17,20-24,26,29,31-32,40H,16,18-19H2,1-8H3,(H,34,35,36)/t26-,29-,31+,32-/m1/s1. The second-order valence-corrected chi connectivity index (χ2v) is 22.6. The zero-order valence-electron chi connectivity index (χ0n) is 27.8. The highest BCUT2D eigenvalue weighted by Gasteiger charge is 2.61. The summed E-state index contributed by atoms with van der Waals surface area (Å²) in [5.41, 5.74) is 2.51. The number of rotatable bonds is 10. The summed E-state index contributed by atoms with van der Waals surface area (Å²) >= 11 is 0. The minimum atomic E-state index is -2.87. The van der Waals surface area contributed by atoms with Crippen LogP contribution in [0.25, 0.3) is 0 Å². The molecule has 0 bridgehead atoms. The molecule has 5 rings (SSSR count). The maximum atomic E-state index is 13.7. The van der Waals surface area contributed by atoms with Crippen molar-refractivity contribution in [3.8, 4) is 0 Å². The Bertz CT molecular complexity index is 1430. The van der Waals surface area contributed by atoms with Gasteiger partial charge in [-0.15, -0.1) is 0 Å². The predicted octanol–water partition coefficient (Wildman–Crippen LogP) is 6.07. The Hall–Kier alpha value is -2.75. The van der Waals surface area contributed by atoms with Crippen LogP contribution >= 0.6 is 0 Å². The van der Waals surface area contributed by atoms with Crippen molar-refractivity contribution in [1.82, 2.24) is 19.7 Å². The first-order valence-corrected chi connectivity index (χ1v) is 20.2. The molecule has 12 heteroatoms. The number of nitrogens with one attached hydrogen (secondary N) is 1. The van der Waals surface area contributed by atoms with E-state index in [1.54, 1.807) is 16.9 Å². The topological polar surface area (TPSA) is 121 Å². The number of aliphatic hydroxyl groups is 1. The Kier molecular flexibility index (Phi) is 10.1. The molecule has 2 fully saturated rings. The highest BCUT2D eigenvalue weighted by Crippen LogP contribution is 2.48. The van der Waals surface area contributed by atoms with E-state index in [2.05, 4.69) is 75.8 Å². The van der Waals surface area contributed by atoms with E-state index in [0.717, 1.165) is 5.56 Å². The molecule has 0 unspecified atom stereocenters. The van der Waals surface area contributed by atoms with Gasteiger partial charge in [-0.1, -0.05) is 85.7 Å². The van der Waals surface area contributed by atoms with E-state index >= 15 is 0 Å². The fourth-order valence-corrected chi connectivity index (χ4v) is 18.3. The molecular formula is C33H49N5O5Si2. The van der Waals surface area contributed by atoms with Gasteiger partial charge in [0.2, 0.25) is 5.78 Å². The first-order chi connectivity index (χ1) is 21.4. The van der Waals surface area contributed by atoms with Gasteiger partial charge in [0.25, 0.3) is 0 Å². The summed E-state index contributed by atoms with van der Waals surface area (Å²) in [6, 6.07) is 11.3. The molecule has 2 aliphatic rings. The van der Waals surface area contributed by atoms with Crippen molar-refractivity contribution in [2.24, 2.45) is 5.92 Å². The number of carbonyl (C=O) groups is 1. The summed E-state index contributed by atoms with van der Waals surface area (Å²) in [5.74, 6) is 0.0457. The first-order valence-electron chi connectivity index (χ1n) is 16.3. The van der Waals surface area contributed by atoms with E-state index in [4.69, 9.17) is 13.0 Å². The Balaban J connectivity index is 1.39. The van der Waals surface area contributed by atoms with Crippen LogP contribution in [-0.2, 0) is 19.5 Å². The summed E-state index contributed by atoms with van der Waals surface area (Å²) in [5, 5.41) is 19.7. The number of nitrogens with zero attached hydrogens (tertiary/aromatic N) is 4. The Morgan fingerprint density at radius 1 is 1.00 bits per heavy atom. The molecule has 244 valence electrons. The molecule has 2 N–H and O–H groups in total. The van der Waals surface area contributed by atoms with Gasteiger partial charge in [-0.05, 0) is 40.2 Å². The Morgan fingerprint density at radius 3 is 2.31 bits per heavy atom. The van der Waals surface area contributed by atoms with Gasteiger partial charge in [0.15, 0.2) is 0 Å². The number of hydrogen-bond donors (Lipinski definition) is 2. The molecular weight excluding hydrogens is 603 g/mol. The summed E-state index contributed by atoms with van der Waals surface area (Å²) in [7, 11) is -5.55. The van der Waals surface area contributed by atoms with Crippen molar-refractivity contribution in [1.29, 1.82) is 0 Å². The lowest BCUT2D eigenvalue weighted by Crippen LogP contribution is -2.65. The van der Waals surface area contributed by atoms with Crippen LogP contribution in [-0.4, -0.2) is 72.6 Å². The Morgan fingerprint density at radius 2 is 1.67 bits per heavy atom. The monoisotopic (exact) mass is 651 g/mol. The van der Waals surface area contributed by atoms with Gasteiger partial charge in [0, 0.05) is 24.9 Å². The number of benzene rings is 1. The van der Waals surface area contributed by atoms with Crippen LogP contribution < -0.4 is 5.32 Å². The van der Waals surface area contributed by atoms with E-state index in [-0.39, 0.29) is 33.9 Å². The molecule has 1 aliphatic carbocycles. The van der Waals surface area contributed by atoms with E-state index in [1.165, 1.54) is 12.5 Å². The van der Waals surface area contributed by atoms with E-state index in [0.29, 0.717) is 36.6 Å². The summed E-state index contributed by atoms with van der Waals surface area (Å²) in [6.45, 7) is 18.6. The van der Waals surface area contributed by atoms with Gasteiger partial charge < -0.3 is 23.4 Å². The number of aromatic nitrogens is 4. The van der Waals surface area contributed by atoms with Crippen molar-refractivity contribution in [2.45, 2.75) is 109 Å². The summed E-state index contributed by atoms with van der Waals surface area (Å²) in [4.78, 5) is 22.2. The van der Waals surface area contributed by atoms with Gasteiger partial charge in [0.1, 0.15) is 17.8 Å². The maximum absolute atomic E-state index is 13.7. The quantitative estimate of drug-likeness (QED) is 0.199. The largest absolute Gasteiger partial charge is 0.414 e. The zero-order chi connectivity index (χ0) is 32.5. The number of hydrogen-bond acceptors (Lipinski definition) is 9. The molecule has 1 saturated carbocycles. The molecule has 0 amide bonds. The maximum Gasteiger partial charge on any atom is 0.335 e. The van der Waals surface area contributed by atoms with Crippen LogP contribution in [0, 0.1) is 5.92 Å². The molecule has 1 saturated heterocycles. The third-order valence-corrected chi connectivity index (χ3v) is 19.7. The number of fused-ring (bicyclic) bond motifs is 1. The van der Waals surface area contributed by atoms with Crippen LogP contribution in [0.3, 0.4) is 0 Å². The molecule has 3 aromatic rings. The van der Waals surface area contributed by atoms with Crippen molar-refractivity contribution >= 4 is 28.7 Å². The predicted molar refractivity (Wildman–Crippen MR) is 179 cm³/mol. The number of ketones is 1. The smallest absolute Gasteiger partial charge is 0.335 e. The van der Waals surface area contributed by atoms with E-state index < -0.39 is 35.4 Å². The molecule has 1 aromatic carbocycles. The molecule has 10 nitrogen and oxygen atoms in total. The van der Waals surface area contributed by atoms with Gasteiger partial charge in [0.05, 0.1) is 30.4 Å². The fraction of sp³-hybridized carbons (Fsp3) is 0.576. The van der Waals surface area contributed by atoms with Crippen molar-refractivity contribution in [2.75, 3.05) is 11.9 Å². The lowest BCUT2D eigenvalue weighted by Gasteiger charge is -2.51. The summed E-state index contributed by atoms with van der Waals surface area (Å²) in [6.07, 6.45) is 4.02. The molecule has 45 heavy (non-hydrogen) atoms. The van der Waals surface area contributed by atoms with E-state index in [9.17, 15) is 9.90 Å². The molecule has 2 aromatic heterocycles. The average Bonchev–Trinajstić information content (AvgIpc) is 3.57. The second kappa shape index (κ2) is 13.5. The molecule has 1 aliphatic heterocycles. The van der Waals surface area contributed by atoms with Crippen molar-refractivity contribution in [3.63, 3.8) is 0 Å². The molecule has 4 atom stereocenters. The fourth-order valence-electron chi connectivity index (χ4n) is 7.01. The SMILES string of the molecule is CC(C)[Si]1(C(C)C)OC[C@H]2C[C@@H](Nc3ncncc3C(=O)c3ccn(Cc4ccccc4)n3)[C@H](O)[C@@H]2O[Si](C(C)C)(C(C)C)O1. The minimum absolute atomic E-state index is 0.0372. The number of carbonyl (C=O) groups excluding carboxylic acids is 1. The van der Waals surface area contributed by atoms with Crippen LogP contribution in [0.2, 0.25) is 22.2 Å². The average molecular weight is 652 g/mol. The Labute approximate surface area is 269 Å². The molecule has 0 spiro atoms. The third-order valence-electron chi connectivity index (χ3n) is 9.49. The molecule has 3 heterocycles. The molecule has 0 radical (unpaired) electrons. The highest BCUT2D eigenvalue weighted by atomic mass is 28.5. The van der Waals surface area contributed by atoms with Gasteiger partial charge in [-0.25, -0.2) is 9.97 Å². The zero-order valence-corrected chi connectivity index (χ0v) is 29.8. The van der Waals surface area contributed by atoms with Crippen LogP contribution in [0.15, 0.2) is 55.1 Å². The summed E-state index contributed by atoms with van der Waals surface area (Å²) < 4.78 is 23.1. The minimum Gasteiger partial charge on any atom is -0.414 e. The third kappa shape index (κ3) is 6.58. The van der Waals surface area contributed by atoms with Crippen LogP contribution in [0.1, 0.15) is 83.4 Å². The normalized spacial score (nSPS) is 24.6. The second-order valence-electron chi connectivity index (χ2n) is 13.8. The van der Waals surface area contributed by atoms with Crippen molar-refractivity contribution in [3.05, 3.63) is 71.9 Å². The van der Waals surface area contributed by atoms with Gasteiger partial charge in [-0.3, -0.25) is 9.48 Å². The lowest BCUT2D eigenvalue weighted by molar-refractivity contribution is -0.0188. The number of aliphatic hydroxyl groups excluding tert-OH is 1. The van der Waals surface area contributed by atoms with Gasteiger partial charge >= 0.3 is 17.1 Å². The van der Waals surface area contributed by atoms with E-state index in [1.807, 2.05) is 30.3 Å². The van der Waals surface area contributed by atoms with Crippen LogP contribution in [0.5, 0.6) is 0 Å². The first kappa shape index (κ1) is 33.6. The number of anilines is 1. The van der Waals surface area contributed by atoms with Crippen LogP contribution in [0.4, 0.5) is 5.82 Å².